The maximum atomic E-state index is 6.06. The molecule has 0 radical (unpaired) electrons. The molecule has 0 spiro atoms. The number of nitrogens with zero attached hydrogens (tertiary/aromatic N) is 1. The van der Waals surface area contributed by atoms with Gasteiger partial charge in [0.15, 0.2) is 0 Å². The van der Waals surface area contributed by atoms with E-state index in [1.807, 2.05) is 12.1 Å². The molecule has 0 saturated heterocycles. The largest absolute Gasteiger partial charge is 0.397 e. The molecule has 3 aromatic rings. The van der Waals surface area contributed by atoms with E-state index >= 15 is 0 Å². The Balaban J connectivity index is 2.05. The third-order valence-electron chi connectivity index (χ3n) is 3.26. The number of aryl methyl sites for hydroxylation is 1. The van der Waals surface area contributed by atoms with Crippen molar-refractivity contribution in [1.82, 2.24) is 4.57 Å². The monoisotopic (exact) mass is 236 g/mol. The molecule has 0 bridgehead atoms. The molecular formula is C16H16N2. The van der Waals surface area contributed by atoms with Crippen molar-refractivity contribution in [2.75, 3.05) is 5.73 Å². The van der Waals surface area contributed by atoms with Crippen LogP contribution in [0.25, 0.3) is 10.9 Å². The van der Waals surface area contributed by atoms with Crippen LogP contribution < -0.4 is 5.73 Å². The van der Waals surface area contributed by atoms with Gasteiger partial charge in [-0.3, -0.25) is 0 Å². The van der Waals surface area contributed by atoms with Gasteiger partial charge < -0.3 is 10.3 Å². The predicted octanol–water partition coefficient (Wildman–Crippen LogP) is 3.58. The topological polar surface area (TPSA) is 30.9 Å². The molecular weight excluding hydrogens is 220 g/mol. The van der Waals surface area contributed by atoms with Gasteiger partial charge in [-0.15, -0.1) is 0 Å². The van der Waals surface area contributed by atoms with Crippen molar-refractivity contribution in [1.29, 1.82) is 0 Å². The first-order chi connectivity index (χ1) is 8.74. The number of fused-ring (bicyclic) bond motifs is 1. The summed E-state index contributed by atoms with van der Waals surface area (Å²) in [6.07, 6.45) is 2.10. The van der Waals surface area contributed by atoms with Gasteiger partial charge in [-0.25, -0.2) is 0 Å². The molecule has 2 nitrogen and oxygen atoms in total. The van der Waals surface area contributed by atoms with Gasteiger partial charge in [0.1, 0.15) is 0 Å². The van der Waals surface area contributed by atoms with Crippen molar-refractivity contribution in [2.24, 2.45) is 0 Å². The highest BCUT2D eigenvalue weighted by atomic mass is 15.0. The zero-order valence-electron chi connectivity index (χ0n) is 10.4. The van der Waals surface area contributed by atoms with E-state index in [-0.39, 0.29) is 0 Å². The van der Waals surface area contributed by atoms with Gasteiger partial charge in [0, 0.05) is 18.1 Å². The zero-order valence-corrected chi connectivity index (χ0v) is 10.4. The zero-order chi connectivity index (χ0) is 12.5. The molecule has 3 rings (SSSR count). The van der Waals surface area contributed by atoms with Gasteiger partial charge in [0.05, 0.1) is 11.2 Å². The maximum absolute atomic E-state index is 6.06. The lowest BCUT2D eigenvalue weighted by Crippen LogP contribution is -2.00. The molecule has 0 aliphatic heterocycles. The van der Waals surface area contributed by atoms with Gasteiger partial charge in [0.25, 0.3) is 0 Å². The molecule has 0 unspecified atom stereocenters. The van der Waals surface area contributed by atoms with Crippen LogP contribution in [0, 0.1) is 6.92 Å². The number of hydrogen-bond donors (Lipinski definition) is 1. The first-order valence-electron chi connectivity index (χ1n) is 6.13. The fraction of sp³-hybridized carbons (Fsp3) is 0.125. The first-order valence-corrected chi connectivity index (χ1v) is 6.13. The molecule has 18 heavy (non-hydrogen) atoms. The highest BCUT2D eigenvalue weighted by molar-refractivity contribution is 5.90. The van der Waals surface area contributed by atoms with E-state index in [2.05, 4.69) is 54.1 Å². The van der Waals surface area contributed by atoms with Crippen LogP contribution in [0.3, 0.4) is 0 Å². The summed E-state index contributed by atoms with van der Waals surface area (Å²) in [5, 5.41) is 1.20. The Bertz CT molecular complexity index is 695. The summed E-state index contributed by atoms with van der Waals surface area (Å²) in [6.45, 7) is 2.98. The molecule has 0 aliphatic rings. The third-order valence-corrected chi connectivity index (χ3v) is 3.26. The van der Waals surface area contributed by atoms with Crippen LogP contribution in [0.5, 0.6) is 0 Å². The standard InChI is InChI=1S/C16H16N2/c1-12-4-2-5-13(10-12)11-18-9-8-14-6-3-7-15(17)16(14)18/h2-10H,11,17H2,1H3. The number of para-hydroxylation sites is 1. The number of aromatic nitrogens is 1. The first kappa shape index (κ1) is 10.9. The Morgan fingerprint density at radius 1 is 1.06 bits per heavy atom. The van der Waals surface area contributed by atoms with Crippen molar-refractivity contribution in [3.05, 3.63) is 65.9 Å². The Morgan fingerprint density at radius 3 is 2.72 bits per heavy atom. The highest BCUT2D eigenvalue weighted by Crippen LogP contribution is 2.23. The van der Waals surface area contributed by atoms with E-state index < -0.39 is 0 Å². The normalized spacial score (nSPS) is 10.9. The van der Waals surface area contributed by atoms with Crippen LogP contribution in [0.1, 0.15) is 11.1 Å². The summed E-state index contributed by atoms with van der Waals surface area (Å²) in [5.74, 6) is 0. The second-order valence-corrected chi connectivity index (χ2v) is 4.72. The van der Waals surface area contributed by atoms with E-state index in [1.54, 1.807) is 0 Å². The number of nitrogen functional groups attached to an aromatic ring is 1. The van der Waals surface area contributed by atoms with Crippen LogP contribution in [0.15, 0.2) is 54.7 Å². The van der Waals surface area contributed by atoms with E-state index in [0.29, 0.717) is 0 Å². The molecule has 1 aromatic heterocycles. The fourth-order valence-electron chi connectivity index (χ4n) is 2.43. The molecule has 0 aliphatic carbocycles. The number of benzene rings is 2. The van der Waals surface area contributed by atoms with Gasteiger partial charge in [-0.2, -0.15) is 0 Å². The van der Waals surface area contributed by atoms with Gasteiger partial charge in [-0.05, 0) is 24.6 Å². The van der Waals surface area contributed by atoms with E-state index in [4.69, 9.17) is 5.73 Å². The van der Waals surface area contributed by atoms with Gasteiger partial charge in [0.2, 0.25) is 0 Å². The summed E-state index contributed by atoms with van der Waals surface area (Å²) in [5.41, 5.74) is 10.6. The van der Waals surface area contributed by atoms with E-state index in [0.717, 1.165) is 17.7 Å². The van der Waals surface area contributed by atoms with Crippen LogP contribution in [0.4, 0.5) is 5.69 Å². The number of anilines is 1. The molecule has 2 aromatic carbocycles. The minimum absolute atomic E-state index is 0.838. The van der Waals surface area contributed by atoms with Crippen molar-refractivity contribution in [3.8, 4) is 0 Å². The molecule has 90 valence electrons. The van der Waals surface area contributed by atoms with E-state index in [1.165, 1.54) is 16.5 Å². The molecule has 0 amide bonds. The summed E-state index contributed by atoms with van der Waals surface area (Å²) in [4.78, 5) is 0. The van der Waals surface area contributed by atoms with Crippen LogP contribution in [-0.2, 0) is 6.54 Å². The molecule has 2 heteroatoms. The molecule has 1 heterocycles. The number of nitrogens with two attached hydrogens (primary N) is 1. The third kappa shape index (κ3) is 1.86. The van der Waals surface area contributed by atoms with Crippen molar-refractivity contribution in [3.63, 3.8) is 0 Å². The second-order valence-electron chi connectivity index (χ2n) is 4.72. The van der Waals surface area contributed by atoms with E-state index in [9.17, 15) is 0 Å². The molecule has 0 saturated carbocycles. The SMILES string of the molecule is Cc1cccc(Cn2ccc3cccc(N)c32)c1. The average molecular weight is 236 g/mol. The van der Waals surface area contributed by atoms with Crippen LogP contribution >= 0.6 is 0 Å². The fourth-order valence-corrected chi connectivity index (χ4v) is 2.43. The smallest absolute Gasteiger partial charge is 0.0716 e. The predicted molar refractivity (Wildman–Crippen MR) is 76.6 cm³/mol. The highest BCUT2D eigenvalue weighted by Gasteiger charge is 2.04. The van der Waals surface area contributed by atoms with Crippen molar-refractivity contribution >= 4 is 16.6 Å². The Morgan fingerprint density at radius 2 is 1.89 bits per heavy atom. The number of rotatable bonds is 2. The van der Waals surface area contributed by atoms with Gasteiger partial charge in [-0.1, -0.05) is 42.0 Å². The Kier molecular flexibility index (Phi) is 2.56. The number of hydrogen-bond acceptors (Lipinski definition) is 1. The second kappa shape index (κ2) is 4.22. The lowest BCUT2D eigenvalue weighted by Gasteiger charge is -2.08. The summed E-state index contributed by atoms with van der Waals surface area (Å²) < 4.78 is 2.21. The summed E-state index contributed by atoms with van der Waals surface area (Å²) >= 11 is 0. The lowest BCUT2D eigenvalue weighted by atomic mass is 10.1. The summed E-state index contributed by atoms with van der Waals surface area (Å²) in [6, 6.07) is 16.7. The van der Waals surface area contributed by atoms with Gasteiger partial charge >= 0.3 is 0 Å². The Hall–Kier alpha value is -2.22. The minimum atomic E-state index is 0.838. The molecule has 0 atom stereocenters. The lowest BCUT2D eigenvalue weighted by molar-refractivity contribution is 0.837. The van der Waals surface area contributed by atoms with Crippen molar-refractivity contribution in [2.45, 2.75) is 13.5 Å². The van der Waals surface area contributed by atoms with Crippen LogP contribution in [0.2, 0.25) is 0 Å². The van der Waals surface area contributed by atoms with Crippen LogP contribution in [-0.4, -0.2) is 4.57 Å². The molecule has 0 fully saturated rings. The Labute approximate surface area is 107 Å². The quantitative estimate of drug-likeness (QED) is 0.677. The summed E-state index contributed by atoms with van der Waals surface area (Å²) in [7, 11) is 0. The molecule has 2 N–H and O–H groups in total. The van der Waals surface area contributed by atoms with Crippen molar-refractivity contribution < 1.29 is 0 Å². The average Bonchev–Trinajstić information content (AvgIpc) is 2.74. The minimum Gasteiger partial charge on any atom is -0.397 e. The maximum Gasteiger partial charge on any atom is 0.0716 e.